The molecule has 0 aromatic heterocycles. The Morgan fingerprint density at radius 3 is 2.50 bits per heavy atom. The van der Waals surface area contributed by atoms with E-state index in [9.17, 15) is 9.70 Å². The van der Waals surface area contributed by atoms with Crippen molar-refractivity contribution in [2.45, 2.75) is 0 Å². The third-order valence-corrected chi connectivity index (χ3v) is 3.07. The van der Waals surface area contributed by atoms with Crippen LogP contribution < -0.4 is 15.6 Å². The van der Waals surface area contributed by atoms with Gasteiger partial charge in [-0.1, -0.05) is 34.1 Å². The van der Waals surface area contributed by atoms with E-state index in [-0.39, 0.29) is 5.91 Å². The van der Waals surface area contributed by atoms with Crippen molar-refractivity contribution in [3.63, 3.8) is 0 Å². The summed E-state index contributed by atoms with van der Waals surface area (Å²) < 4.78 is 0.987. The number of carbonyl (C=O) groups is 1. The average molecular weight is 363 g/mol. The predicted molar refractivity (Wildman–Crippen MR) is 88.2 cm³/mol. The molecule has 2 rings (SSSR count). The highest BCUT2D eigenvalue weighted by Gasteiger charge is 2.02. The molecular formula is C16H15BrN2O3. The number of rotatable bonds is 4. The molecule has 5 nitrogen and oxygen atoms in total. The third kappa shape index (κ3) is 5.99. The molecule has 0 heterocycles. The van der Waals surface area contributed by atoms with Crippen LogP contribution in [0.3, 0.4) is 0 Å². The summed E-state index contributed by atoms with van der Waals surface area (Å²) in [6, 6.07) is 14.2. The second-order valence-electron chi connectivity index (χ2n) is 4.06. The van der Waals surface area contributed by atoms with Gasteiger partial charge < -0.3 is 10.4 Å². The van der Waals surface area contributed by atoms with Crippen LogP contribution in [0.1, 0.15) is 5.56 Å². The third-order valence-electron chi connectivity index (χ3n) is 2.55. The molecule has 0 bridgehead atoms. The molecule has 0 atom stereocenters. The van der Waals surface area contributed by atoms with Crippen LogP contribution >= 0.6 is 15.9 Å². The Labute approximate surface area is 136 Å². The molecule has 2 aromatic carbocycles. The van der Waals surface area contributed by atoms with Crippen LogP contribution in [0.2, 0.25) is 0 Å². The van der Waals surface area contributed by atoms with Gasteiger partial charge in [-0.15, -0.1) is 0 Å². The Kier molecular flexibility index (Phi) is 7.74. The lowest BCUT2D eigenvalue weighted by molar-refractivity contribution is -0.379. The van der Waals surface area contributed by atoms with Crippen molar-refractivity contribution in [3.8, 4) is 0 Å². The molecule has 0 saturated carbocycles. The van der Waals surface area contributed by atoms with Crippen LogP contribution in [-0.4, -0.2) is 13.0 Å². The van der Waals surface area contributed by atoms with Gasteiger partial charge in [0.25, 0.3) is 5.69 Å². The Morgan fingerprint density at radius 2 is 1.86 bits per heavy atom. The molecule has 0 radical (unpaired) electrons. The van der Waals surface area contributed by atoms with Crippen molar-refractivity contribution in [2.24, 2.45) is 0 Å². The van der Waals surface area contributed by atoms with Gasteiger partial charge in [-0.25, -0.2) is 0 Å². The van der Waals surface area contributed by atoms with E-state index < -0.39 is 0 Å². The van der Waals surface area contributed by atoms with Crippen LogP contribution in [-0.2, 0) is 4.79 Å². The maximum absolute atomic E-state index is 11.7. The average Bonchev–Trinajstić information content (AvgIpc) is 2.56. The van der Waals surface area contributed by atoms with Gasteiger partial charge in [-0.05, 0) is 29.8 Å². The first-order chi connectivity index (χ1) is 10.7. The van der Waals surface area contributed by atoms with E-state index in [2.05, 4.69) is 21.2 Å². The maximum atomic E-state index is 11.7. The molecule has 114 valence electrons. The SMILES string of the molecule is C[O-].O=[NH+]c1cccc(NC(=O)/C=C/c2ccc(Br)cc2)c1. The fourth-order valence-corrected chi connectivity index (χ4v) is 1.85. The Hall–Kier alpha value is -2.31. The predicted octanol–water partition coefficient (Wildman–Crippen LogP) is 1.56. The number of carbonyl (C=O) groups excluding carboxylic acids is 1. The molecule has 0 saturated heterocycles. The van der Waals surface area contributed by atoms with Crippen molar-refractivity contribution < 1.29 is 15.1 Å². The smallest absolute Gasteiger partial charge is 0.255 e. The molecule has 0 aliphatic heterocycles. The highest BCUT2D eigenvalue weighted by atomic mass is 79.9. The number of nitroso groups, excluding NO2 is 1. The molecule has 0 aliphatic carbocycles. The van der Waals surface area contributed by atoms with Crippen molar-refractivity contribution in [2.75, 3.05) is 12.4 Å². The Balaban J connectivity index is 0.00000116. The largest absolute Gasteiger partial charge is 0.857 e. The number of halogens is 1. The van der Waals surface area contributed by atoms with E-state index in [4.69, 9.17) is 5.11 Å². The van der Waals surface area contributed by atoms with Gasteiger partial charge in [0, 0.05) is 38.5 Å². The van der Waals surface area contributed by atoms with Crippen molar-refractivity contribution >= 4 is 39.3 Å². The highest BCUT2D eigenvalue weighted by molar-refractivity contribution is 9.10. The minimum absolute atomic E-state index is 0.254. The second-order valence-corrected chi connectivity index (χ2v) is 4.97. The van der Waals surface area contributed by atoms with E-state index in [0.717, 1.165) is 17.1 Å². The van der Waals surface area contributed by atoms with Crippen LogP contribution in [0, 0.1) is 4.91 Å². The number of nitrogens with one attached hydrogen (secondary N) is 2. The van der Waals surface area contributed by atoms with Crippen molar-refractivity contribution in [3.05, 3.63) is 69.6 Å². The maximum Gasteiger partial charge on any atom is 0.255 e. The zero-order chi connectivity index (χ0) is 16.4. The minimum atomic E-state index is -0.254. The van der Waals surface area contributed by atoms with Crippen LogP contribution in [0.4, 0.5) is 11.4 Å². The van der Waals surface area contributed by atoms with Crippen LogP contribution in [0.5, 0.6) is 0 Å². The summed E-state index contributed by atoms with van der Waals surface area (Å²) in [5.74, 6) is -0.254. The molecule has 0 fully saturated rings. The monoisotopic (exact) mass is 362 g/mol. The van der Waals surface area contributed by atoms with Gasteiger partial charge in [-0.3, -0.25) is 4.79 Å². The molecule has 1 amide bonds. The van der Waals surface area contributed by atoms with Crippen molar-refractivity contribution in [1.82, 2.24) is 0 Å². The van der Waals surface area contributed by atoms with Gasteiger partial charge in [0.15, 0.2) is 0 Å². The Bertz CT molecular complexity index is 655. The van der Waals surface area contributed by atoms with E-state index in [1.165, 1.54) is 6.08 Å². The van der Waals surface area contributed by atoms with Gasteiger partial charge in [0.2, 0.25) is 5.91 Å². The van der Waals surface area contributed by atoms with Gasteiger partial charge in [0.1, 0.15) is 0 Å². The van der Waals surface area contributed by atoms with E-state index in [1.807, 2.05) is 24.3 Å². The summed E-state index contributed by atoms with van der Waals surface area (Å²) in [5.41, 5.74) is 1.90. The normalized spacial score (nSPS) is 9.77. The molecule has 0 unspecified atom stereocenters. The quantitative estimate of drug-likeness (QED) is 0.809. The fraction of sp³-hybridized carbons (Fsp3) is 0.0625. The zero-order valence-corrected chi connectivity index (χ0v) is 13.5. The number of benzene rings is 2. The number of anilines is 1. The lowest BCUT2D eigenvalue weighted by atomic mass is 10.2. The Morgan fingerprint density at radius 1 is 1.18 bits per heavy atom. The summed E-state index contributed by atoms with van der Waals surface area (Å²) in [4.78, 5) is 22.3. The molecule has 6 heteroatoms. The lowest BCUT2D eigenvalue weighted by Crippen LogP contribution is -2.55. The molecule has 22 heavy (non-hydrogen) atoms. The first-order valence-electron chi connectivity index (χ1n) is 6.31. The second kappa shape index (κ2) is 9.59. The molecule has 0 aliphatic rings. The first-order valence-corrected chi connectivity index (χ1v) is 7.10. The summed E-state index contributed by atoms with van der Waals surface area (Å²) in [7, 11) is 0.750. The number of hydrogen-bond donors (Lipinski definition) is 2. The van der Waals surface area contributed by atoms with Crippen molar-refractivity contribution in [1.29, 1.82) is 0 Å². The lowest BCUT2D eigenvalue weighted by Gasteiger charge is -2.00. The summed E-state index contributed by atoms with van der Waals surface area (Å²) in [6.45, 7) is 0. The highest BCUT2D eigenvalue weighted by Crippen LogP contribution is 2.13. The van der Waals surface area contributed by atoms with E-state index >= 15 is 0 Å². The molecule has 0 spiro atoms. The molecule has 2 N–H and O–H groups in total. The van der Waals surface area contributed by atoms with Gasteiger partial charge in [0.05, 0.1) is 0 Å². The number of amides is 1. The zero-order valence-electron chi connectivity index (χ0n) is 11.9. The van der Waals surface area contributed by atoms with Gasteiger partial charge >= 0.3 is 0 Å². The summed E-state index contributed by atoms with van der Waals surface area (Å²) >= 11 is 3.35. The molecular weight excluding hydrogens is 348 g/mol. The minimum Gasteiger partial charge on any atom is -0.857 e. The van der Waals surface area contributed by atoms with E-state index in [1.54, 1.807) is 35.5 Å². The van der Waals surface area contributed by atoms with E-state index in [0.29, 0.717) is 11.4 Å². The van der Waals surface area contributed by atoms with Gasteiger partial charge in [-0.2, -0.15) is 7.11 Å². The summed E-state index contributed by atoms with van der Waals surface area (Å²) in [6.07, 6.45) is 3.16. The fourth-order valence-electron chi connectivity index (χ4n) is 1.59. The van der Waals surface area contributed by atoms with Crippen LogP contribution in [0.15, 0.2) is 59.1 Å². The number of hydrogen-bond acceptors (Lipinski definition) is 3. The van der Waals surface area contributed by atoms with Crippen LogP contribution in [0.25, 0.3) is 6.08 Å². The first kappa shape index (κ1) is 17.7. The standard InChI is InChI=1S/C15H11BrN2O2.CH3O/c16-12-7-4-11(5-8-12)6-9-15(19)17-13-2-1-3-14(10-13)18-20;1-2/h1-10H,(H,17,19);1H3/q;-1/p+1/b9-6+;. The summed E-state index contributed by atoms with van der Waals surface area (Å²) in [5, 5.41) is 12.7. The molecule has 2 aromatic rings. The topological polar surface area (TPSA) is 83.2 Å².